The maximum Gasteiger partial charge on any atom is 0.289 e. The van der Waals surface area contributed by atoms with Gasteiger partial charge in [0, 0.05) is 17.9 Å². The third-order valence-corrected chi connectivity index (χ3v) is 1.81. The van der Waals surface area contributed by atoms with E-state index in [1.807, 2.05) is 27.7 Å². The largest absolute Gasteiger partial charge is 0.345 e. The lowest BCUT2D eigenvalue weighted by molar-refractivity contribution is 0.0908. The van der Waals surface area contributed by atoms with E-state index in [1.165, 1.54) is 0 Å². The first-order chi connectivity index (χ1) is 6.92. The quantitative estimate of drug-likeness (QED) is 0.800. The van der Waals surface area contributed by atoms with Crippen LogP contribution >= 0.6 is 0 Å². The molecule has 0 aliphatic heterocycles. The first-order valence-corrected chi connectivity index (χ1v) is 5.06. The zero-order valence-electron chi connectivity index (χ0n) is 9.66. The van der Waals surface area contributed by atoms with Crippen molar-refractivity contribution in [2.24, 2.45) is 0 Å². The van der Waals surface area contributed by atoms with Crippen LogP contribution < -0.4 is 5.32 Å². The summed E-state index contributed by atoms with van der Waals surface area (Å²) < 4.78 is 0. The highest BCUT2D eigenvalue weighted by atomic mass is 16.2. The Morgan fingerprint density at radius 3 is 2.27 bits per heavy atom. The highest BCUT2D eigenvalue weighted by molar-refractivity contribution is 5.90. The summed E-state index contributed by atoms with van der Waals surface area (Å²) in [6, 6.07) is 0. The molecule has 82 valence electrons. The minimum atomic E-state index is -0.260. The molecule has 4 heteroatoms. The van der Waals surface area contributed by atoms with E-state index in [4.69, 9.17) is 0 Å². The maximum atomic E-state index is 11.6. The predicted octanol–water partition coefficient (Wildman–Crippen LogP) is 1.57. The first-order valence-electron chi connectivity index (χ1n) is 5.06. The van der Waals surface area contributed by atoms with Crippen molar-refractivity contribution in [3.05, 3.63) is 23.8 Å². The molecule has 4 nitrogen and oxygen atoms in total. The lowest BCUT2D eigenvalue weighted by atomic mass is 10.1. The van der Waals surface area contributed by atoms with Crippen molar-refractivity contribution in [2.45, 2.75) is 39.7 Å². The number of aryl methyl sites for hydroxylation is 1. The zero-order valence-corrected chi connectivity index (χ0v) is 9.66. The summed E-state index contributed by atoms with van der Waals surface area (Å²) in [4.78, 5) is 19.6. The normalized spacial score (nSPS) is 11.2. The van der Waals surface area contributed by atoms with Crippen LogP contribution in [0, 0.1) is 0 Å². The van der Waals surface area contributed by atoms with E-state index in [0.717, 1.165) is 12.0 Å². The van der Waals surface area contributed by atoms with Crippen molar-refractivity contribution in [1.82, 2.24) is 15.3 Å². The van der Waals surface area contributed by atoms with Gasteiger partial charge in [-0.3, -0.25) is 4.79 Å². The molecule has 1 N–H and O–H groups in total. The van der Waals surface area contributed by atoms with Gasteiger partial charge in [0.15, 0.2) is 0 Å². The SMILES string of the molecule is CCc1cnc(C(=O)NC(C)(C)C)nc1. The molecular weight excluding hydrogens is 190 g/mol. The molecule has 0 aliphatic rings. The summed E-state index contributed by atoms with van der Waals surface area (Å²) in [6.07, 6.45) is 4.25. The van der Waals surface area contributed by atoms with E-state index in [0.29, 0.717) is 0 Å². The Morgan fingerprint density at radius 1 is 1.33 bits per heavy atom. The van der Waals surface area contributed by atoms with Crippen molar-refractivity contribution in [2.75, 3.05) is 0 Å². The first kappa shape index (κ1) is 11.6. The molecule has 1 amide bonds. The van der Waals surface area contributed by atoms with Gasteiger partial charge in [0.2, 0.25) is 5.82 Å². The third-order valence-electron chi connectivity index (χ3n) is 1.81. The number of amides is 1. The second-order valence-corrected chi connectivity index (χ2v) is 4.47. The van der Waals surface area contributed by atoms with Crippen LogP contribution in [0.15, 0.2) is 12.4 Å². The van der Waals surface area contributed by atoms with E-state index in [2.05, 4.69) is 15.3 Å². The van der Waals surface area contributed by atoms with Gasteiger partial charge in [0.05, 0.1) is 0 Å². The van der Waals surface area contributed by atoms with Crippen LogP contribution in [0.4, 0.5) is 0 Å². The number of aromatic nitrogens is 2. The minimum Gasteiger partial charge on any atom is -0.345 e. The molecule has 0 saturated heterocycles. The predicted molar refractivity (Wildman–Crippen MR) is 58.6 cm³/mol. The minimum absolute atomic E-state index is 0.224. The standard InChI is InChI=1S/C11H17N3O/c1-5-8-6-12-9(13-7-8)10(15)14-11(2,3)4/h6-7H,5H2,1-4H3,(H,14,15). The van der Waals surface area contributed by atoms with Crippen molar-refractivity contribution in [1.29, 1.82) is 0 Å². The number of carbonyl (C=O) groups excluding carboxylic acids is 1. The molecule has 0 unspecified atom stereocenters. The van der Waals surface area contributed by atoms with Gasteiger partial charge in [-0.1, -0.05) is 6.92 Å². The van der Waals surface area contributed by atoms with Crippen LogP contribution in [0.1, 0.15) is 43.9 Å². The van der Waals surface area contributed by atoms with Crippen molar-refractivity contribution in [3.63, 3.8) is 0 Å². The molecule has 15 heavy (non-hydrogen) atoms. The summed E-state index contributed by atoms with van der Waals surface area (Å²) in [5.74, 6) is -0.00715. The molecule has 1 heterocycles. The van der Waals surface area contributed by atoms with Gasteiger partial charge in [-0.15, -0.1) is 0 Å². The van der Waals surface area contributed by atoms with Crippen molar-refractivity contribution >= 4 is 5.91 Å². The van der Waals surface area contributed by atoms with Crippen LogP contribution in [0.3, 0.4) is 0 Å². The third kappa shape index (κ3) is 3.65. The van der Waals surface area contributed by atoms with E-state index in [1.54, 1.807) is 12.4 Å². The molecular formula is C11H17N3O. The number of hydrogen-bond donors (Lipinski definition) is 1. The van der Waals surface area contributed by atoms with E-state index >= 15 is 0 Å². The molecule has 0 radical (unpaired) electrons. The monoisotopic (exact) mass is 207 g/mol. The Bertz CT molecular complexity index is 338. The lowest BCUT2D eigenvalue weighted by Gasteiger charge is -2.19. The van der Waals surface area contributed by atoms with Gasteiger partial charge in [-0.2, -0.15) is 0 Å². The summed E-state index contributed by atoms with van der Waals surface area (Å²) >= 11 is 0. The Balaban J connectivity index is 2.75. The van der Waals surface area contributed by atoms with Crippen LogP contribution in [0.25, 0.3) is 0 Å². The van der Waals surface area contributed by atoms with Gasteiger partial charge in [-0.25, -0.2) is 9.97 Å². The van der Waals surface area contributed by atoms with Crippen LogP contribution in [0.2, 0.25) is 0 Å². The molecule has 0 atom stereocenters. The number of carbonyl (C=O) groups is 1. The Morgan fingerprint density at radius 2 is 1.87 bits per heavy atom. The van der Waals surface area contributed by atoms with Gasteiger partial charge in [0.1, 0.15) is 0 Å². The fraction of sp³-hybridized carbons (Fsp3) is 0.545. The fourth-order valence-corrected chi connectivity index (χ4v) is 1.05. The van der Waals surface area contributed by atoms with Crippen LogP contribution in [-0.4, -0.2) is 21.4 Å². The highest BCUT2D eigenvalue weighted by Crippen LogP contribution is 2.02. The molecule has 0 bridgehead atoms. The van der Waals surface area contributed by atoms with Crippen LogP contribution in [-0.2, 0) is 6.42 Å². The number of nitrogens with one attached hydrogen (secondary N) is 1. The maximum absolute atomic E-state index is 11.6. The number of hydrogen-bond acceptors (Lipinski definition) is 3. The number of rotatable bonds is 2. The molecule has 0 fully saturated rings. The molecule has 1 aromatic heterocycles. The number of nitrogens with zero attached hydrogens (tertiary/aromatic N) is 2. The second-order valence-electron chi connectivity index (χ2n) is 4.47. The fourth-order valence-electron chi connectivity index (χ4n) is 1.05. The Hall–Kier alpha value is -1.45. The van der Waals surface area contributed by atoms with Crippen LogP contribution in [0.5, 0.6) is 0 Å². The average molecular weight is 207 g/mol. The summed E-state index contributed by atoms with van der Waals surface area (Å²) in [5, 5.41) is 2.81. The molecule has 1 aromatic rings. The summed E-state index contributed by atoms with van der Waals surface area (Å²) in [7, 11) is 0. The van der Waals surface area contributed by atoms with Gasteiger partial charge < -0.3 is 5.32 Å². The van der Waals surface area contributed by atoms with Gasteiger partial charge in [-0.05, 0) is 32.8 Å². The van der Waals surface area contributed by atoms with Gasteiger partial charge in [0.25, 0.3) is 5.91 Å². The van der Waals surface area contributed by atoms with Gasteiger partial charge >= 0.3 is 0 Å². The summed E-state index contributed by atoms with van der Waals surface area (Å²) in [5.41, 5.74) is 0.770. The summed E-state index contributed by atoms with van der Waals surface area (Å²) in [6.45, 7) is 7.79. The Kier molecular flexibility index (Phi) is 3.39. The van der Waals surface area contributed by atoms with Crippen molar-refractivity contribution < 1.29 is 4.79 Å². The Labute approximate surface area is 90.1 Å². The zero-order chi connectivity index (χ0) is 11.5. The lowest BCUT2D eigenvalue weighted by Crippen LogP contribution is -2.41. The second kappa shape index (κ2) is 4.38. The smallest absolute Gasteiger partial charge is 0.289 e. The van der Waals surface area contributed by atoms with E-state index < -0.39 is 0 Å². The van der Waals surface area contributed by atoms with E-state index in [9.17, 15) is 4.79 Å². The van der Waals surface area contributed by atoms with Crippen molar-refractivity contribution in [3.8, 4) is 0 Å². The highest BCUT2D eigenvalue weighted by Gasteiger charge is 2.16. The molecule has 0 saturated carbocycles. The molecule has 0 aromatic carbocycles. The molecule has 0 spiro atoms. The van der Waals surface area contributed by atoms with E-state index in [-0.39, 0.29) is 17.3 Å². The topological polar surface area (TPSA) is 54.9 Å². The molecule has 1 rings (SSSR count). The average Bonchev–Trinajstić information content (AvgIpc) is 2.15. The molecule has 0 aliphatic carbocycles.